The Kier molecular flexibility index (Phi) is 5.23. The highest BCUT2D eigenvalue weighted by Gasteiger charge is 2.26. The lowest BCUT2D eigenvalue weighted by molar-refractivity contribution is 0.321. The van der Waals surface area contributed by atoms with E-state index in [0.717, 1.165) is 42.0 Å². The molecule has 3 aromatic heterocycles. The van der Waals surface area contributed by atoms with Crippen molar-refractivity contribution in [3.8, 4) is 0 Å². The summed E-state index contributed by atoms with van der Waals surface area (Å²) in [5.41, 5.74) is 4.01. The van der Waals surface area contributed by atoms with Crippen LogP contribution in [0.3, 0.4) is 0 Å². The predicted octanol–water partition coefficient (Wildman–Crippen LogP) is 4.67. The van der Waals surface area contributed by atoms with Gasteiger partial charge in [-0.05, 0) is 55.7 Å². The molecule has 0 spiro atoms. The van der Waals surface area contributed by atoms with Gasteiger partial charge in [-0.15, -0.1) is 0 Å². The minimum absolute atomic E-state index is 0.145. The van der Waals surface area contributed by atoms with Crippen LogP contribution in [0.5, 0.6) is 0 Å². The summed E-state index contributed by atoms with van der Waals surface area (Å²) < 4.78 is 0. The molecule has 132 valence electrons. The zero-order chi connectivity index (χ0) is 17.8. The van der Waals surface area contributed by atoms with Crippen molar-refractivity contribution < 1.29 is 0 Å². The Morgan fingerprint density at radius 1 is 0.885 bits per heavy atom. The summed E-state index contributed by atoms with van der Waals surface area (Å²) in [4.78, 5) is 13.8. The van der Waals surface area contributed by atoms with Gasteiger partial charge in [0.2, 0.25) is 0 Å². The van der Waals surface area contributed by atoms with Crippen molar-refractivity contribution in [3.63, 3.8) is 0 Å². The van der Waals surface area contributed by atoms with Crippen LogP contribution in [0.2, 0.25) is 5.02 Å². The van der Waals surface area contributed by atoms with E-state index in [4.69, 9.17) is 16.6 Å². The minimum atomic E-state index is 0.145. The SMILES string of the molecule is Clc1ccc(Cc2ccccn2)nc1[C@H]1CCC[C@@H](c2ccccn2)N1. The molecule has 1 N–H and O–H groups in total. The molecule has 1 fully saturated rings. The number of nitrogens with zero attached hydrogens (tertiary/aromatic N) is 3. The van der Waals surface area contributed by atoms with E-state index in [-0.39, 0.29) is 12.1 Å². The molecule has 0 amide bonds. The number of pyridine rings is 3. The third-order valence-electron chi connectivity index (χ3n) is 4.78. The van der Waals surface area contributed by atoms with Gasteiger partial charge in [0.1, 0.15) is 0 Å². The highest BCUT2D eigenvalue weighted by Crippen LogP contribution is 2.34. The Balaban J connectivity index is 1.55. The van der Waals surface area contributed by atoms with Crippen molar-refractivity contribution in [2.75, 3.05) is 0 Å². The average molecular weight is 365 g/mol. The molecule has 4 rings (SSSR count). The van der Waals surface area contributed by atoms with Crippen molar-refractivity contribution in [1.82, 2.24) is 20.3 Å². The second-order valence-corrected chi connectivity index (χ2v) is 7.03. The third kappa shape index (κ3) is 3.92. The van der Waals surface area contributed by atoms with Crippen molar-refractivity contribution in [3.05, 3.63) is 88.7 Å². The number of halogens is 1. The van der Waals surface area contributed by atoms with Gasteiger partial charge in [0, 0.05) is 36.2 Å². The molecule has 1 aliphatic rings. The van der Waals surface area contributed by atoms with Crippen LogP contribution in [0.25, 0.3) is 0 Å². The van der Waals surface area contributed by atoms with Crippen LogP contribution in [-0.4, -0.2) is 15.0 Å². The van der Waals surface area contributed by atoms with E-state index in [0.29, 0.717) is 11.4 Å². The van der Waals surface area contributed by atoms with Crippen LogP contribution in [0.1, 0.15) is 54.1 Å². The second kappa shape index (κ2) is 7.94. The highest BCUT2D eigenvalue weighted by molar-refractivity contribution is 6.31. The molecule has 1 aliphatic heterocycles. The lowest BCUT2D eigenvalue weighted by Gasteiger charge is -2.31. The number of piperidine rings is 1. The smallest absolute Gasteiger partial charge is 0.0762 e. The monoisotopic (exact) mass is 364 g/mol. The molecule has 4 heterocycles. The molecule has 3 aromatic rings. The van der Waals surface area contributed by atoms with Crippen LogP contribution in [0.15, 0.2) is 60.9 Å². The maximum Gasteiger partial charge on any atom is 0.0762 e. The normalized spacial score (nSPS) is 20.0. The molecule has 0 aliphatic carbocycles. The van der Waals surface area contributed by atoms with Crippen LogP contribution in [-0.2, 0) is 6.42 Å². The van der Waals surface area contributed by atoms with Gasteiger partial charge in [0.15, 0.2) is 0 Å². The summed E-state index contributed by atoms with van der Waals surface area (Å²) in [6, 6.07) is 16.3. The maximum atomic E-state index is 6.49. The van der Waals surface area contributed by atoms with E-state index >= 15 is 0 Å². The van der Waals surface area contributed by atoms with Gasteiger partial charge in [-0.2, -0.15) is 0 Å². The van der Waals surface area contributed by atoms with Crippen molar-refractivity contribution in [1.29, 1.82) is 0 Å². The zero-order valence-electron chi connectivity index (χ0n) is 14.5. The first-order chi connectivity index (χ1) is 12.8. The topological polar surface area (TPSA) is 50.7 Å². The fourth-order valence-electron chi connectivity index (χ4n) is 3.50. The molecule has 0 aromatic carbocycles. The summed E-state index contributed by atoms with van der Waals surface area (Å²) in [5, 5.41) is 4.41. The molecule has 2 atom stereocenters. The van der Waals surface area contributed by atoms with Crippen molar-refractivity contribution in [2.45, 2.75) is 37.8 Å². The summed E-state index contributed by atoms with van der Waals surface area (Å²) >= 11 is 6.49. The predicted molar refractivity (Wildman–Crippen MR) is 103 cm³/mol. The van der Waals surface area contributed by atoms with Gasteiger partial charge in [0.05, 0.1) is 22.5 Å². The van der Waals surface area contributed by atoms with Gasteiger partial charge in [-0.1, -0.05) is 23.7 Å². The highest BCUT2D eigenvalue weighted by atomic mass is 35.5. The van der Waals surface area contributed by atoms with Crippen molar-refractivity contribution in [2.24, 2.45) is 0 Å². The van der Waals surface area contributed by atoms with Crippen LogP contribution < -0.4 is 5.32 Å². The maximum absolute atomic E-state index is 6.49. The molecule has 26 heavy (non-hydrogen) atoms. The number of aromatic nitrogens is 3. The fraction of sp³-hybridized carbons (Fsp3) is 0.286. The number of rotatable bonds is 4. The summed E-state index contributed by atoms with van der Waals surface area (Å²) in [6.45, 7) is 0. The molecule has 5 heteroatoms. The molecular formula is C21H21ClN4. The first-order valence-electron chi connectivity index (χ1n) is 9.02. The van der Waals surface area contributed by atoms with E-state index in [9.17, 15) is 0 Å². The lowest BCUT2D eigenvalue weighted by atomic mass is 9.94. The molecule has 4 nitrogen and oxygen atoms in total. The molecule has 0 bridgehead atoms. The lowest BCUT2D eigenvalue weighted by Crippen LogP contribution is -2.32. The summed E-state index contributed by atoms with van der Waals surface area (Å²) in [5.74, 6) is 0. The second-order valence-electron chi connectivity index (χ2n) is 6.62. The zero-order valence-corrected chi connectivity index (χ0v) is 15.2. The number of hydrogen-bond acceptors (Lipinski definition) is 4. The molecular weight excluding hydrogens is 344 g/mol. The molecule has 0 radical (unpaired) electrons. The Morgan fingerprint density at radius 2 is 1.69 bits per heavy atom. The molecule has 1 saturated heterocycles. The summed E-state index contributed by atoms with van der Waals surface area (Å²) in [7, 11) is 0. The van der Waals surface area contributed by atoms with Gasteiger partial charge < -0.3 is 5.32 Å². The first kappa shape index (κ1) is 17.1. The van der Waals surface area contributed by atoms with E-state index in [1.165, 1.54) is 0 Å². The fourth-order valence-corrected chi connectivity index (χ4v) is 3.73. The average Bonchev–Trinajstić information content (AvgIpc) is 2.71. The Labute approximate surface area is 158 Å². The van der Waals surface area contributed by atoms with Gasteiger partial charge in [-0.3, -0.25) is 15.0 Å². The van der Waals surface area contributed by atoms with Crippen molar-refractivity contribution >= 4 is 11.6 Å². The Morgan fingerprint density at radius 3 is 2.46 bits per heavy atom. The summed E-state index contributed by atoms with van der Waals surface area (Å²) in [6.07, 6.45) is 7.61. The number of nitrogens with one attached hydrogen (secondary N) is 1. The van der Waals surface area contributed by atoms with Crippen LogP contribution >= 0.6 is 11.6 Å². The Hall–Kier alpha value is -2.30. The van der Waals surface area contributed by atoms with Gasteiger partial charge in [0.25, 0.3) is 0 Å². The molecule has 0 saturated carbocycles. The van der Waals surface area contributed by atoms with E-state index in [2.05, 4.69) is 21.4 Å². The molecule has 0 unspecified atom stereocenters. The van der Waals surface area contributed by atoms with Crippen LogP contribution in [0, 0.1) is 0 Å². The van der Waals surface area contributed by atoms with Gasteiger partial charge >= 0.3 is 0 Å². The van der Waals surface area contributed by atoms with E-state index in [1.807, 2.05) is 54.9 Å². The minimum Gasteiger partial charge on any atom is -0.300 e. The number of hydrogen-bond donors (Lipinski definition) is 1. The van der Waals surface area contributed by atoms with E-state index < -0.39 is 0 Å². The van der Waals surface area contributed by atoms with E-state index in [1.54, 1.807) is 0 Å². The third-order valence-corrected chi connectivity index (χ3v) is 5.10. The Bertz CT molecular complexity index is 854. The quantitative estimate of drug-likeness (QED) is 0.730. The first-order valence-corrected chi connectivity index (χ1v) is 9.39. The van der Waals surface area contributed by atoms with Gasteiger partial charge in [-0.25, -0.2) is 0 Å². The largest absolute Gasteiger partial charge is 0.300 e. The van der Waals surface area contributed by atoms with Crippen LogP contribution in [0.4, 0.5) is 0 Å². The standard InChI is InChI=1S/C21H21ClN4/c22-17-11-10-16(14-15-6-1-3-12-23-15)25-21(17)20-9-5-8-19(26-20)18-7-2-4-13-24-18/h1-4,6-7,10-13,19-20,26H,5,8-9,14H2/t19-,20+/m0/s1.